The van der Waals surface area contributed by atoms with E-state index in [4.69, 9.17) is 16.3 Å². The number of Topliss-reactive ketones (excluding diaryl/α,β-unsaturated/α-hetero) is 1. The molecule has 2 heterocycles. The Morgan fingerprint density at radius 2 is 1.84 bits per heavy atom. The Hall–Kier alpha value is -3.64. The number of aliphatic hydroxyl groups excluding tert-OH is 1. The van der Waals surface area contributed by atoms with Gasteiger partial charge in [0.1, 0.15) is 17.6 Å². The highest BCUT2D eigenvalue weighted by molar-refractivity contribution is 6.51. The van der Waals surface area contributed by atoms with E-state index in [9.17, 15) is 14.7 Å². The van der Waals surface area contributed by atoms with E-state index >= 15 is 0 Å². The van der Waals surface area contributed by atoms with E-state index in [1.54, 1.807) is 42.6 Å². The fourth-order valence-electron chi connectivity index (χ4n) is 3.76. The number of carbonyl (C=O) groups is 2. The number of carbonyl (C=O) groups excluding carboxylic acids is 2. The largest absolute Gasteiger partial charge is 0.507 e. The summed E-state index contributed by atoms with van der Waals surface area (Å²) in [6.45, 7) is 3.90. The first kappa shape index (κ1) is 21.6. The van der Waals surface area contributed by atoms with Gasteiger partial charge in [0, 0.05) is 17.4 Å². The van der Waals surface area contributed by atoms with Crippen LogP contribution in [-0.2, 0) is 9.59 Å². The zero-order chi connectivity index (χ0) is 23.0. The molecule has 1 atom stereocenters. The van der Waals surface area contributed by atoms with Gasteiger partial charge in [-0.3, -0.25) is 19.5 Å². The number of hydrogen-bond donors (Lipinski definition) is 1. The molecule has 1 N–H and O–H groups in total. The van der Waals surface area contributed by atoms with Crippen molar-refractivity contribution in [1.29, 1.82) is 0 Å². The van der Waals surface area contributed by atoms with Crippen LogP contribution in [0.4, 0.5) is 5.69 Å². The van der Waals surface area contributed by atoms with E-state index in [2.05, 4.69) is 4.98 Å². The molecule has 2 aromatic carbocycles. The summed E-state index contributed by atoms with van der Waals surface area (Å²) >= 11 is 6.22. The summed E-state index contributed by atoms with van der Waals surface area (Å²) in [5.74, 6) is -1.41. The number of aromatic nitrogens is 1. The molecule has 32 heavy (non-hydrogen) atoms. The van der Waals surface area contributed by atoms with Gasteiger partial charge in [-0.15, -0.1) is 0 Å². The van der Waals surface area contributed by atoms with Crippen molar-refractivity contribution in [3.05, 3.63) is 93.8 Å². The highest BCUT2D eigenvalue weighted by atomic mass is 35.5. The minimum Gasteiger partial charge on any atom is -0.507 e. The number of rotatable bonds is 4. The molecule has 6 nitrogen and oxygen atoms in total. The van der Waals surface area contributed by atoms with Crippen molar-refractivity contribution in [2.24, 2.45) is 0 Å². The molecule has 1 amide bonds. The first-order valence-corrected chi connectivity index (χ1v) is 10.3. The number of amides is 1. The minimum absolute atomic E-state index is 0.0480. The van der Waals surface area contributed by atoms with Crippen molar-refractivity contribution in [3.63, 3.8) is 0 Å². The lowest BCUT2D eigenvalue weighted by molar-refractivity contribution is -0.132. The average Bonchev–Trinajstić information content (AvgIpc) is 3.06. The van der Waals surface area contributed by atoms with Gasteiger partial charge in [0.2, 0.25) is 0 Å². The summed E-state index contributed by atoms with van der Waals surface area (Å²) in [6, 6.07) is 14.5. The summed E-state index contributed by atoms with van der Waals surface area (Å²) in [4.78, 5) is 32.1. The van der Waals surface area contributed by atoms with E-state index in [1.165, 1.54) is 18.1 Å². The summed E-state index contributed by atoms with van der Waals surface area (Å²) in [5.41, 5.74) is 3.31. The molecule has 0 spiro atoms. The van der Waals surface area contributed by atoms with Crippen molar-refractivity contribution < 1.29 is 19.4 Å². The third kappa shape index (κ3) is 3.63. The highest BCUT2D eigenvalue weighted by Gasteiger charge is 2.47. The summed E-state index contributed by atoms with van der Waals surface area (Å²) in [5, 5.41) is 11.4. The lowest BCUT2D eigenvalue weighted by Crippen LogP contribution is -2.29. The molecule has 0 radical (unpaired) electrons. The third-order valence-electron chi connectivity index (χ3n) is 5.61. The van der Waals surface area contributed by atoms with Crippen LogP contribution in [0, 0.1) is 13.8 Å². The third-order valence-corrected chi connectivity index (χ3v) is 5.90. The average molecular weight is 449 g/mol. The zero-order valence-corrected chi connectivity index (χ0v) is 18.6. The molecule has 0 saturated carbocycles. The number of benzene rings is 2. The van der Waals surface area contributed by atoms with E-state index in [0.29, 0.717) is 22.7 Å². The van der Waals surface area contributed by atoms with Crippen molar-refractivity contribution in [2.45, 2.75) is 19.9 Å². The van der Waals surface area contributed by atoms with Crippen LogP contribution in [-0.4, -0.2) is 28.9 Å². The molecule has 1 aliphatic rings. The van der Waals surface area contributed by atoms with Crippen molar-refractivity contribution >= 4 is 34.7 Å². The van der Waals surface area contributed by atoms with Crippen molar-refractivity contribution in [1.82, 2.24) is 4.98 Å². The van der Waals surface area contributed by atoms with Gasteiger partial charge in [-0.25, -0.2) is 0 Å². The quantitative estimate of drug-likeness (QED) is 0.345. The van der Waals surface area contributed by atoms with E-state index < -0.39 is 17.7 Å². The van der Waals surface area contributed by atoms with Gasteiger partial charge >= 0.3 is 0 Å². The summed E-state index contributed by atoms with van der Waals surface area (Å²) in [7, 11) is 1.48. The SMILES string of the molecule is COc1ccc(/C(O)=C2\C(=O)C(=O)N(c3ccc(C)c(C)c3)C2c2ccccn2)cc1Cl. The van der Waals surface area contributed by atoms with Crippen LogP contribution >= 0.6 is 11.6 Å². The van der Waals surface area contributed by atoms with Gasteiger partial charge in [-0.05, 0) is 67.4 Å². The van der Waals surface area contributed by atoms with Gasteiger partial charge in [0.15, 0.2) is 0 Å². The molecule has 4 rings (SSSR count). The summed E-state index contributed by atoms with van der Waals surface area (Å²) < 4.78 is 5.16. The molecule has 162 valence electrons. The van der Waals surface area contributed by atoms with Gasteiger partial charge in [-0.1, -0.05) is 23.7 Å². The van der Waals surface area contributed by atoms with Crippen LogP contribution in [0.5, 0.6) is 5.75 Å². The van der Waals surface area contributed by atoms with Gasteiger partial charge in [-0.2, -0.15) is 0 Å². The lowest BCUT2D eigenvalue weighted by Gasteiger charge is -2.25. The molecule has 1 aromatic heterocycles. The lowest BCUT2D eigenvalue weighted by atomic mass is 9.98. The van der Waals surface area contributed by atoms with E-state index in [-0.39, 0.29) is 16.4 Å². The van der Waals surface area contributed by atoms with Gasteiger partial charge in [0.05, 0.1) is 23.4 Å². The number of ether oxygens (including phenoxy) is 1. The predicted molar refractivity (Wildman–Crippen MR) is 123 cm³/mol. The number of pyridine rings is 1. The van der Waals surface area contributed by atoms with Gasteiger partial charge in [0.25, 0.3) is 11.7 Å². The Kier molecular flexibility index (Phi) is 5.72. The maximum absolute atomic E-state index is 13.2. The maximum atomic E-state index is 13.2. The first-order chi connectivity index (χ1) is 15.3. The Bertz CT molecular complexity index is 1250. The van der Waals surface area contributed by atoms with Crippen LogP contribution < -0.4 is 9.64 Å². The Balaban J connectivity index is 1.94. The van der Waals surface area contributed by atoms with Crippen LogP contribution in [0.2, 0.25) is 5.02 Å². The molecule has 1 aliphatic heterocycles. The van der Waals surface area contributed by atoms with Crippen LogP contribution in [0.15, 0.2) is 66.4 Å². The number of hydrogen-bond acceptors (Lipinski definition) is 5. The Labute approximate surface area is 190 Å². The fourth-order valence-corrected chi connectivity index (χ4v) is 4.02. The Morgan fingerprint density at radius 3 is 2.47 bits per heavy atom. The van der Waals surface area contributed by atoms with Crippen molar-refractivity contribution in [3.8, 4) is 5.75 Å². The number of halogens is 1. The van der Waals surface area contributed by atoms with Crippen LogP contribution in [0.3, 0.4) is 0 Å². The molecule has 1 saturated heterocycles. The molecular weight excluding hydrogens is 428 g/mol. The fraction of sp³-hybridized carbons (Fsp3) is 0.160. The monoisotopic (exact) mass is 448 g/mol. The molecule has 7 heteroatoms. The molecule has 1 unspecified atom stereocenters. The first-order valence-electron chi connectivity index (χ1n) is 9.96. The molecular formula is C25H21ClN2O4. The standard InChI is InChI=1S/C25H21ClN2O4/c1-14-7-9-17(12-15(14)2)28-22(19-6-4-5-11-27-19)21(24(30)25(28)31)23(29)16-8-10-20(32-3)18(26)13-16/h4-13,22,29H,1-3H3/b23-21+. The second-order valence-corrected chi connectivity index (χ2v) is 7.95. The van der Waals surface area contributed by atoms with Gasteiger partial charge < -0.3 is 9.84 Å². The molecule has 0 aliphatic carbocycles. The Morgan fingerprint density at radius 1 is 1.06 bits per heavy atom. The molecule has 0 bridgehead atoms. The number of anilines is 1. The second kappa shape index (κ2) is 8.48. The summed E-state index contributed by atoms with van der Waals surface area (Å²) in [6.07, 6.45) is 1.58. The topological polar surface area (TPSA) is 79.7 Å². The minimum atomic E-state index is -0.890. The second-order valence-electron chi connectivity index (χ2n) is 7.54. The number of aliphatic hydroxyl groups is 1. The number of aryl methyl sites for hydroxylation is 2. The van der Waals surface area contributed by atoms with Crippen molar-refractivity contribution in [2.75, 3.05) is 12.0 Å². The molecule has 3 aromatic rings. The van der Waals surface area contributed by atoms with Crippen LogP contribution in [0.1, 0.15) is 28.4 Å². The number of nitrogens with zero attached hydrogens (tertiary/aromatic N) is 2. The highest BCUT2D eigenvalue weighted by Crippen LogP contribution is 2.42. The van der Waals surface area contributed by atoms with E-state index in [1.807, 2.05) is 26.0 Å². The normalized spacial score (nSPS) is 17.6. The van der Waals surface area contributed by atoms with Crippen LogP contribution in [0.25, 0.3) is 5.76 Å². The number of ketones is 1. The zero-order valence-electron chi connectivity index (χ0n) is 17.8. The molecule has 1 fully saturated rings. The predicted octanol–water partition coefficient (Wildman–Crippen LogP) is 4.99. The smallest absolute Gasteiger partial charge is 0.300 e. The maximum Gasteiger partial charge on any atom is 0.300 e. The number of methoxy groups -OCH3 is 1. The van der Waals surface area contributed by atoms with E-state index in [0.717, 1.165) is 11.1 Å².